The largest absolute Gasteiger partial charge is 0.497 e. The third kappa shape index (κ3) is 5.63. The topological polar surface area (TPSA) is 35.5 Å². The zero-order valence-electron chi connectivity index (χ0n) is 15.5. The van der Waals surface area contributed by atoms with Crippen LogP contribution in [0.1, 0.15) is 32.3 Å². The molecule has 128 valence electrons. The number of hydrogen-bond acceptors (Lipinski definition) is 3. The molecule has 0 bridgehead atoms. The van der Waals surface area contributed by atoms with Crippen molar-refractivity contribution in [2.75, 3.05) is 7.11 Å². The van der Waals surface area contributed by atoms with Gasteiger partial charge in [0.15, 0.2) is 14.1 Å². The lowest BCUT2D eigenvalue weighted by atomic mass is 9.84. The highest BCUT2D eigenvalue weighted by Gasteiger charge is 2.34. The van der Waals surface area contributed by atoms with Gasteiger partial charge < -0.3 is 9.16 Å². The van der Waals surface area contributed by atoms with Gasteiger partial charge in [-0.15, -0.1) is 0 Å². The maximum Gasteiger partial charge on any atom is 0.184 e. The van der Waals surface area contributed by atoms with Crippen LogP contribution in [0.15, 0.2) is 36.4 Å². The summed E-state index contributed by atoms with van der Waals surface area (Å²) in [5, 5.41) is 0. The molecule has 1 rings (SSSR count). The highest BCUT2D eigenvalue weighted by atomic mass is 28.4. The number of rotatable bonds is 8. The molecule has 0 spiro atoms. The molecule has 0 radical (unpaired) electrons. The zero-order valence-corrected chi connectivity index (χ0v) is 16.5. The molecule has 23 heavy (non-hydrogen) atoms. The lowest BCUT2D eigenvalue weighted by molar-refractivity contribution is -0.121. The number of hydrogen-bond donors (Lipinski definition) is 0. The molecule has 4 heteroatoms. The first-order chi connectivity index (χ1) is 10.6. The Labute approximate surface area is 141 Å². The van der Waals surface area contributed by atoms with Crippen LogP contribution in [0.2, 0.25) is 19.6 Å². The van der Waals surface area contributed by atoms with Gasteiger partial charge in [-0.25, -0.2) is 0 Å². The van der Waals surface area contributed by atoms with Gasteiger partial charge >= 0.3 is 0 Å². The fourth-order valence-corrected chi connectivity index (χ4v) is 3.91. The van der Waals surface area contributed by atoms with Crippen LogP contribution in [0.4, 0.5) is 0 Å². The van der Waals surface area contributed by atoms with Crippen LogP contribution in [0.5, 0.6) is 5.75 Å². The Balaban J connectivity index is 3.10. The van der Waals surface area contributed by atoms with E-state index in [2.05, 4.69) is 33.1 Å². The summed E-state index contributed by atoms with van der Waals surface area (Å²) in [7, 11) is -0.128. The first kappa shape index (κ1) is 19.7. The molecule has 0 amide bonds. The average molecular weight is 335 g/mol. The minimum absolute atomic E-state index is 0.0774. The molecule has 3 nitrogen and oxygen atoms in total. The highest BCUT2D eigenvalue weighted by molar-refractivity contribution is 6.69. The third-order valence-electron chi connectivity index (χ3n) is 3.95. The molecule has 0 saturated heterocycles. The van der Waals surface area contributed by atoms with E-state index in [0.29, 0.717) is 5.57 Å². The van der Waals surface area contributed by atoms with Gasteiger partial charge in [0.1, 0.15) is 5.75 Å². The molecule has 0 aliphatic carbocycles. The predicted octanol–water partition coefficient (Wildman–Crippen LogP) is 4.80. The lowest BCUT2D eigenvalue weighted by Gasteiger charge is -2.35. The van der Waals surface area contributed by atoms with Crippen LogP contribution in [-0.2, 0) is 9.22 Å². The molecule has 0 saturated carbocycles. The van der Waals surface area contributed by atoms with Crippen molar-refractivity contribution in [2.45, 2.75) is 52.4 Å². The van der Waals surface area contributed by atoms with Gasteiger partial charge in [-0.1, -0.05) is 32.6 Å². The van der Waals surface area contributed by atoms with Crippen LogP contribution in [0.3, 0.4) is 0 Å². The number of methoxy groups -OCH3 is 1. The quantitative estimate of drug-likeness (QED) is 0.506. The zero-order chi connectivity index (χ0) is 17.8. The minimum atomic E-state index is -1.78. The van der Waals surface area contributed by atoms with Crippen LogP contribution in [0, 0.1) is 5.92 Å². The van der Waals surface area contributed by atoms with Crippen molar-refractivity contribution >= 4 is 14.1 Å². The van der Waals surface area contributed by atoms with E-state index in [4.69, 9.17) is 9.16 Å². The van der Waals surface area contributed by atoms with Crippen LogP contribution in [0.25, 0.3) is 0 Å². The lowest BCUT2D eigenvalue weighted by Crippen LogP contribution is -2.41. The molecular formula is C19H30O3Si. The Hall–Kier alpha value is -1.39. The maximum absolute atomic E-state index is 12.4. The Kier molecular flexibility index (Phi) is 6.78. The number of Topliss-reactive ketones (excluding diaryl/α,β-unsaturated/α-hetero) is 1. The molecule has 0 aliphatic rings. The van der Waals surface area contributed by atoms with E-state index in [1.165, 1.54) is 0 Å². The maximum atomic E-state index is 12.4. The number of benzene rings is 1. The second-order valence-electron chi connectivity index (χ2n) is 7.19. The molecular weight excluding hydrogens is 304 g/mol. The highest BCUT2D eigenvalue weighted by Crippen LogP contribution is 2.31. The van der Waals surface area contributed by atoms with Gasteiger partial charge in [-0.2, -0.15) is 0 Å². The molecule has 0 aromatic heterocycles. The number of carbonyl (C=O) groups excluding carboxylic acids is 1. The summed E-state index contributed by atoms with van der Waals surface area (Å²) in [4.78, 5) is 12.4. The Morgan fingerprint density at radius 1 is 1.13 bits per heavy atom. The van der Waals surface area contributed by atoms with Crippen molar-refractivity contribution in [3.05, 3.63) is 42.0 Å². The van der Waals surface area contributed by atoms with E-state index in [1.807, 2.05) is 31.2 Å². The molecule has 1 aromatic carbocycles. The molecule has 0 unspecified atom stereocenters. The summed E-state index contributed by atoms with van der Waals surface area (Å²) in [6, 6.07) is 7.98. The normalized spacial score (nSPS) is 15.6. The van der Waals surface area contributed by atoms with Crippen molar-refractivity contribution in [3.8, 4) is 5.75 Å². The van der Waals surface area contributed by atoms with Gasteiger partial charge in [0.2, 0.25) is 0 Å². The fourth-order valence-electron chi connectivity index (χ4n) is 2.68. The van der Waals surface area contributed by atoms with Gasteiger partial charge in [-0.05, 0) is 49.8 Å². The Morgan fingerprint density at radius 3 is 2.04 bits per heavy atom. The Bertz CT molecular complexity index is 543. The second-order valence-corrected chi connectivity index (χ2v) is 11.7. The number of carbonyl (C=O) groups is 1. The number of ether oxygens (including phenoxy) is 1. The van der Waals surface area contributed by atoms with E-state index >= 15 is 0 Å². The summed E-state index contributed by atoms with van der Waals surface area (Å²) in [5.41, 5.74) is 1.74. The predicted molar refractivity (Wildman–Crippen MR) is 98.6 cm³/mol. The minimum Gasteiger partial charge on any atom is -0.497 e. The van der Waals surface area contributed by atoms with Crippen molar-refractivity contribution < 1.29 is 14.0 Å². The van der Waals surface area contributed by atoms with E-state index in [0.717, 1.165) is 11.3 Å². The summed E-state index contributed by atoms with van der Waals surface area (Å²) < 4.78 is 11.6. The summed E-state index contributed by atoms with van der Waals surface area (Å²) in [6.45, 7) is 16.1. The first-order valence-electron chi connectivity index (χ1n) is 8.08. The van der Waals surface area contributed by atoms with Crippen molar-refractivity contribution in [3.63, 3.8) is 0 Å². The fraction of sp³-hybridized carbons (Fsp3) is 0.526. The second kappa shape index (κ2) is 7.93. The smallest absolute Gasteiger partial charge is 0.184 e. The van der Waals surface area contributed by atoms with Crippen molar-refractivity contribution in [2.24, 2.45) is 5.92 Å². The standard InChI is InChI=1S/C19H30O3Si/c1-13(2)18(20)15(4)19(22-23(6,7)8)14(3)16-9-11-17(21-5)12-10-16/h9-12,14-15,19H,1H2,2-8H3/t14-,15+,19+/m0/s1. The SMILES string of the molecule is C=C(C)C(=O)[C@@H](C)[C@H](O[Si](C)(C)C)[C@@H](C)c1ccc(OC)cc1. The van der Waals surface area contributed by atoms with Crippen molar-refractivity contribution in [1.29, 1.82) is 0 Å². The van der Waals surface area contributed by atoms with Gasteiger partial charge in [0.05, 0.1) is 13.2 Å². The molecule has 0 aliphatic heterocycles. The number of allylic oxidation sites excluding steroid dienone is 1. The van der Waals surface area contributed by atoms with Gasteiger partial charge in [-0.3, -0.25) is 4.79 Å². The van der Waals surface area contributed by atoms with Crippen LogP contribution < -0.4 is 4.74 Å². The molecule has 0 N–H and O–H groups in total. The molecule has 1 aromatic rings. The molecule has 0 heterocycles. The van der Waals surface area contributed by atoms with E-state index in [-0.39, 0.29) is 23.7 Å². The summed E-state index contributed by atoms with van der Waals surface area (Å²) >= 11 is 0. The third-order valence-corrected chi connectivity index (χ3v) is 4.93. The molecule has 3 atom stereocenters. The molecule has 0 fully saturated rings. The monoisotopic (exact) mass is 334 g/mol. The van der Waals surface area contributed by atoms with E-state index < -0.39 is 8.32 Å². The van der Waals surface area contributed by atoms with E-state index in [1.54, 1.807) is 14.0 Å². The summed E-state index contributed by atoms with van der Waals surface area (Å²) in [6.07, 6.45) is -0.153. The van der Waals surface area contributed by atoms with E-state index in [9.17, 15) is 4.79 Å². The van der Waals surface area contributed by atoms with Crippen LogP contribution >= 0.6 is 0 Å². The number of ketones is 1. The summed E-state index contributed by atoms with van der Waals surface area (Å²) in [5.74, 6) is 0.811. The average Bonchev–Trinajstić information content (AvgIpc) is 2.49. The first-order valence-corrected chi connectivity index (χ1v) is 11.5. The van der Waals surface area contributed by atoms with Gasteiger partial charge in [0.25, 0.3) is 0 Å². The Morgan fingerprint density at radius 2 is 1.65 bits per heavy atom. The van der Waals surface area contributed by atoms with Gasteiger partial charge in [0, 0.05) is 11.8 Å². The van der Waals surface area contributed by atoms with Crippen molar-refractivity contribution in [1.82, 2.24) is 0 Å². The van der Waals surface area contributed by atoms with Crippen LogP contribution in [-0.4, -0.2) is 27.3 Å².